The van der Waals surface area contributed by atoms with Crippen molar-refractivity contribution < 1.29 is 15.0 Å². The van der Waals surface area contributed by atoms with Crippen molar-refractivity contribution in [2.24, 2.45) is 0 Å². The average Bonchev–Trinajstić information content (AvgIpc) is 2.33. The number of aromatic nitrogens is 2. The highest BCUT2D eigenvalue weighted by Crippen LogP contribution is 2.21. The SMILES string of the molecule is O=C(O)c1cnc(N[C@@H]2CCCC[C@H]2O)cn1. The van der Waals surface area contributed by atoms with E-state index in [1.807, 2.05) is 0 Å². The minimum atomic E-state index is -1.10. The van der Waals surface area contributed by atoms with Gasteiger partial charge in [0.05, 0.1) is 24.5 Å². The molecule has 0 radical (unpaired) electrons. The Labute approximate surface area is 98.7 Å². The van der Waals surface area contributed by atoms with Gasteiger partial charge in [-0.15, -0.1) is 0 Å². The maximum Gasteiger partial charge on any atom is 0.356 e. The molecule has 3 N–H and O–H groups in total. The van der Waals surface area contributed by atoms with E-state index in [4.69, 9.17) is 5.11 Å². The van der Waals surface area contributed by atoms with Crippen molar-refractivity contribution in [3.8, 4) is 0 Å². The number of carboxylic acid groups (broad SMARTS) is 1. The van der Waals surface area contributed by atoms with Crippen LogP contribution in [-0.2, 0) is 0 Å². The molecule has 92 valence electrons. The van der Waals surface area contributed by atoms with Crippen LogP contribution in [0.1, 0.15) is 36.2 Å². The Bertz CT molecular complexity index is 393. The number of carbonyl (C=O) groups is 1. The summed E-state index contributed by atoms with van der Waals surface area (Å²) in [7, 11) is 0. The normalized spacial score (nSPS) is 24.3. The van der Waals surface area contributed by atoms with Crippen LogP contribution in [0.15, 0.2) is 12.4 Å². The molecule has 2 atom stereocenters. The molecule has 0 aliphatic heterocycles. The van der Waals surface area contributed by atoms with E-state index < -0.39 is 5.97 Å². The fourth-order valence-electron chi connectivity index (χ4n) is 1.98. The summed E-state index contributed by atoms with van der Waals surface area (Å²) >= 11 is 0. The monoisotopic (exact) mass is 237 g/mol. The molecule has 1 aliphatic rings. The van der Waals surface area contributed by atoms with Crippen LogP contribution in [0.3, 0.4) is 0 Å². The smallest absolute Gasteiger partial charge is 0.356 e. The number of hydrogen-bond donors (Lipinski definition) is 3. The van der Waals surface area contributed by atoms with Crippen molar-refractivity contribution in [2.45, 2.75) is 37.8 Å². The lowest BCUT2D eigenvalue weighted by molar-refractivity contribution is 0.0690. The summed E-state index contributed by atoms with van der Waals surface area (Å²) in [6, 6.07) is -0.0197. The lowest BCUT2D eigenvalue weighted by atomic mass is 9.93. The zero-order chi connectivity index (χ0) is 12.3. The summed E-state index contributed by atoms with van der Waals surface area (Å²) < 4.78 is 0. The first-order chi connectivity index (χ1) is 8.16. The quantitative estimate of drug-likeness (QED) is 0.722. The number of aromatic carboxylic acids is 1. The Morgan fingerprint density at radius 2 is 2.06 bits per heavy atom. The molecule has 1 aromatic rings. The molecule has 0 spiro atoms. The van der Waals surface area contributed by atoms with E-state index in [0.29, 0.717) is 5.82 Å². The third kappa shape index (κ3) is 2.91. The minimum Gasteiger partial charge on any atom is -0.476 e. The van der Waals surface area contributed by atoms with Crippen LogP contribution in [0.5, 0.6) is 0 Å². The number of rotatable bonds is 3. The van der Waals surface area contributed by atoms with Crippen molar-refractivity contribution in [1.82, 2.24) is 9.97 Å². The summed E-state index contributed by atoms with van der Waals surface area (Å²) in [5.74, 6) is -0.595. The maximum absolute atomic E-state index is 10.6. The number of aliphatic hydroxyl groups is 1. The molecule has 2 rings (SSSR count). The van der Waals surface area contributed by atoms with Gasteiger partial charge in [0.15, 0.2) is 5.69 Å². The molecule has 1 fully saturated rings. The number of nitrogens with zero attached hydrogens (tertiary/aromatic N) is 2. The van der Waals surface area contributed by atoms with Crippen molar-refractivity contribution in [2.75, 3.05) is 5.32 Å². The Hall–Kier alpha value is -1.69. The first kappa shape index (κ1) is 11.8. The van der Waals surface area contributed by atoms with Crippen LogP contribution in [0.2, 0.25) is 0 Å². The van der Waals surface area contributed by atoms with Crippen LogP contribution in [0.4, 0.5) is 5.82 Å². The zero-order valence-corrected chi connectivity index (χ0v) is 9.33. The van der Waals surface area contributed by atoms with Crippen LogP contribution in [0, 0.1) is 0 Å². The number of anilines is 1. The van der Waals surface area contributed by atoms with E-state index >= 15 is 0 Å². The molecule has 17 heavy (non-hydrogen) atoms. The summed E-state index contributed by atoms with van der Waals surface area (Å²) in [5.41, 5.74) is -0.0836. The minimum absolute atomic E-state index is 0.0197. The number of nitrogens with one attached hydrogen (secondary N) is 1. The standard InChI is InChI=1S/C11H15N3O3/c15-9-4-2-1-3-7(9)14-10-6-12-8(5-13-10)11(16)17/h5-7,9,15H,1-4H2,(H,13,14)(H,16,17)/t7-,9-/m1/s1. The highest BCUT2D eigenvalue weighted by atomic mass is 16.4. The molecule has 0 amide bonds. The molecule has 0 saturated heterocycles. The molecule has 1 saturated carbocycles. The molecule has 6 nitrogen and oxygen atoms in total. The lowest BCUT2D eigenvalue weighted by Crippen LogP contribution is -2.36. The van der Waals surface area contributed by atoms with E-state index in [0.717, 1.165) is 25.7 Å². The fourth-order valence-corrected chi connectivity index (χ4v) is 1.98. The van der Waals surface area contributed by atoms with Gasteiger partial charge in [-0.2, -0.15) is 0 Å². The Morgan fingerprint density at radius 3 is 2.65 bits per heavy atom. The van der Waals surface area contributed by atoms with Crippen molar-refractivity contribution in [1.29, 1.82) is 0 Å². The molecule has 6 heteroatoms. The van der Waals surface area contributed by atoms with Gasteiger partial charge in [-0.3, -0.25) is 0 Å². The molecule has 1 aromatic heterocycles. The number of carboxylic acids is 1. The second-order valence-corrected chi connectivity index (χ2v) is 4.19. The Kier molecular flexibility index (Phi) is 3.53. The van der Waals surface area contributed by atoms with Crippen molar-refractivity contribution in [3.05, 3.63) is 18.1 Å². The van der Waals surface area contributed by atoms with Gasteiger partial charge in [-0.05, 0) is 12.8 Å². The van der Waals surface area contributed by atoms with Gasteiger partial charge in [0.25, 0.3) is 0 Å². The first-order valence-corrected chi connectivity index (χ1v) is 5.67. The van der Waals surface area contributed by atoms with Gasteiger partial charge < -0.3 is 15.5 Å². The van der Waals surface area contributed by atoms with Crippen molar-refractivity contribution in [3.63, 3.8) is 0 Å². The lowest BCUT2D eigenvalue weighted by Gasteiger charge is -2.28. The molecule has 1 heterocycles. The summed E-state index contributed by atoms with van der Waals surface area (Å²) in [6.45, 7) is 0. The second-order valence-electron chi connectivity index (χ2n) is 4.19. The number of hydrogen-bond acceptors (Lipinski definition) is 5. The van der Waals surface area contributed by atoms with Gasteiger partial charge in [0.2, 0.25) is 0 Å². The van der Waals surface area contributed by atoms with Gasteiger partial charge in [0.1, 0.15) is 5.82 Å². The van der Waals surface area contributed by atoms with Gasteiger partial charge in [-0.25, -0.2) is 14.8 Å². The third-order valence-corrected chi connectivity index (χ3v) is 2.93. The second kappa shape index (κ2) is 5.09. The van der Waals surface area contributed by atoms with Crippen LogP contribution < -0.4 is 5.32 Å². The Balaban J connectivity index is 2.00. The van der Waals surface area contributed by atoms with Gasteiger partial charge in [-0.1, -0.05) is 12.8 Å². The number of aliphatic hydroxyl groups excluding tert-OH is 1. The van der Waals surface area contributed by atoms with E-state index in [2.05, 4.69) is 15.3 Å². The molecule has 0 bridgehead atoms. The molecular formula is C11H15N3O3. The summed E-state index contributed by atoms with van der Waals surface area (Å²) in [6.07, 6.45) is 6.02. The molecule has 0 unspecified atom stereocenters. The third-order valence-electron chi connectivity index (χ3n) is 2.93. The first-order valence-electron chi connectivity index (χ1n) is 5.67. The maximum atomic E-state index is 10.6. The highest BCUT2D eigenvalue weighted by Gasteiger charge is 2.23. The topological polar surface area (TPSA) is 95.3 Å². The average molecular weight is 237 g/mol. The van der Waals surface area contributed by atoms with E-state index in [-0.39, 0.29) is 17.8 Å². The Morgan fingerprint density at radius 1 is 1.29 bits per heavy atom. The summed E-state index contributed by atoms with van der Waals surface area (Å²) in [4.78, 5) is 18.3. The molecule has 1 aliphatic carbocycles. The van der Waals surface area contributed by atoms with E-state index in [9.17, 15) is 9.90 Å². The predicted octanol–water partition coefficient (Wildman–Crippen LogP) is 0.890. The zero-order valence-electron chi connectivity index (χ0n) is 9.33. The van der Waals surface area contributed by atoms with E-state index in [1.54, 1.807) is 0 Å². The fraction of sp³-hybridized carbons (Fsp3) is 0.545. The highest BCUT2D eigenvalue weighted by molar-refractivity contribution is 5.84. The predicted molar refractivity (Wildman–Crippen MR) is 60.9 cm³/mol. The van der Waals surface area contributed by atoms with Crippen LogP contribution in [0.25, 0.3) is 0 Å². The molecule has 0 aromatic carbocycles. The van der Waals surface area contributed by atoms with Crippen LogP contribution in [-0.4, -0.2) is 38.3 Å². The largest absolute Gasteiger partial charge is 0.476 e. The van der Waals surface area contributed by atoms with E-state index in [1.165, 1.54) is 12.4 Å². The summed E-state index contributed by atoms with van der Waals surface area (Å²) in [5, 5.41) is 21.5. The van der Waals surface area contributed by atoms with Crippen LogP contribution >= 0.6 is 0 Å². The van der Waals surface area contributed by atoms with Gasteiger partial charge >= 0.3 is 5.97 Å². The van der Waals surface area contributed by atoms with Crippen molar-refractivity contribution >= 4 is 11.8 Å². The van der Waals surface area contributed by atoms with Gasteiger partial charge in [0, 0.05) is 0 Å². The molecular weight excluding hydrogens is 222 g/mol.